The Hall–Kier alpha value is -3.88. The van der Waals surface area contributed by atoms with E-state index in [1.165, 1.54) is 10.5 Å². The third kappa shape index (κ3) is 6.40. The Labute approximate surface area is 257 Å². The minimum absolute atomic E-state index is 0.116. The molecule has 2 aliphatic heterocycles. The maximum Gasteiger partial charge on any atom is 0.219 e. The van der Waals surface area contributed by atoms with Crippen LogP contribution >= 0.6 is 11.8 Å². The molecule has 2 fully saturated rings. The summed E-state index contributed by atoms with van der Waals surface area (Å²) >= 11 is 1.74. The van der Waals surface area contributed by atoms with Gasteiger partial charge in [-0.15, -0.1) is 11.8 Å². The molecule has 0 unspecified atom stereocenters. The summed E-state index contributed by atoms with van der Waals surface area (Å²) in [6.07, 6.45) is 11.0. The lowest BCUT2D eigenvalue weighted by Gasteiger charge is -2.42. The molecular formula is C32H39N9OS. The third-order valence-corrected chi connectivity index (χ3v) is 9.82. The van der Waals surface area contributed by atoms with Gasteiger partial charge in [-0.25, -0.2) is 9.50 Å². The molecular weight excluding hydrogens is 558 g/mol. The van der Waals surface area contributed by atoms with Gasteiger partial charge in [0.25, 0.3) is 0 Å². The zero-order valence-corrected chi connectivity index (χ0v) is 25.8. The number of thioether (sulfide) groups is 1. The maximum absolute atomic E-state index is 11.6. The smallest absolute Gasteiger partial charge is 0.219 e. The summed E-state index contributed by atoms with van der Waals surface area (Å²) in [5.41, 5.74) is 4.20. The lowest BCUT2D eigenvalue weighted by molar-refractivity contribution is -0.130. The van der Waals surface area contributed by atoms with Crippen molar-refractivity contribution < 1.29 is 4.79 Å². The molecule has 0 aliphatic carbocycles. The van der Waals surface area contributed by atoms with E-state index in [1.807, 2.05) is 32.6 Å². The molecule has 0 bridgehead atoms. The predicted octanol–water partition coefficient (Wildman–Crippen LogP) is 3.85. The molecule has 6 rings (SSSR count). The lowest BCUT2D eigenvalue weighted by Crippen LogP contribution is -2.48. The van der Waals surface area contributed by atoms with Crippen molar-refractivity contribution >= 4 is 29.0 Å². The Morgan fingerprint density at radius 2 is 1.81 bits per heavy atom. The first-order chi connectivity index (χ1) is 21.0. The van der Waals surface area contributed by atoms with Crippen molar-refractivity contribution in [1.29, 1.82) is 5.26 Å². The second kappa shape index (κ2) is 12.8. The number of rotatable bonds is 9. The van der Waals surface area contributed by atoms with Gasteiger partial charge in [0.05, 0.1) is 24.5 Å². The minimum atomic E-state index is -0.116. The molecule has 0 spiro atoms. The molecule has 0 saturated carbocycles. The Morgan fingerprint density at radius 3 is 2.51 bits per heavy atom. The zero-order valence-electron chi connectivity index (χ0n) is 25.0. The first-order valence-corrected chi connectivity index (χ1v) is 16.3. The van der Waals surface area contributed by atoms with Crippen molar-refractivity contribution in [3.8, 4) is 6.07 Å². The number of nitrogens with zero attached hydrogens (tertiary/aromatic N) is 9. The van der Waals surface area contributed by atoms with Crippen molar-refractivity contribution in [2.75, 3.05) is 57.0 Å². The molecule has 1 amide bonds. The van der Waals surface area contributed by atoms with E-state index < -0.39 is 0 Å². The van der Waals surface area contributed by atoms with Crippen LogP contribution < -0.4 is 4.90 Å². The van der Waals surface area contributed by atoms with Crippen molar-refractivity contribution in [2.45, 2.75) is 49.5 Å². The fourth-order valence-electron chi connectivity index (χ4n) is 6.43. The highest BCUT2D eigenvalue weighted by Crippen LogP contribution is 2.40. The SMILES string of the molecule is CSc1ccc(C2(CC#N)CCN(c3cccn4nc(Cc5cnn(CCN6CCN(C(C)=O)CC6)c5)nc34)CC2)cc1. The van der Waals surface area contributed by atoms with Crippen LogP contribution in [-0.2, 0) is 23.2 Å². The highest BCUT2D eigenvalue weighted by molar-refractivity contribution is 7.98. The number of anilines is 1. The summed E-state index contributed by atoms with van der Waals surface area (Å²) in [5, 5.41) is 19.1. The van der Waals surface area contributed by atoms with Crippen LogP contribution in [0.25, 0.3) is 5.65 Å². The third-order valence-electron chi connectivity index (χ3n) is 9.08. The van der Waals surface area contributed by atoms with Gasteiger partial charge in [0.2, 0.25) is 5.91 Å². The quantitative estimate of drug-likeness (QED) is 0.269. The van der Waals surface area contributed by atoms with E-state index in [-0.39, 0.29) is 11.3 Å². The molecule has 224 valence electrons. The molecule has 5 heterocycles. The van der Waals surface area contributed by atoms with Crippen LogP contribution in [0, 0.1) is 11.3 Å². The van der Waals surface area contributed by atoms with Gasteiger partial charge < -0.3 is 9.80 Å². The van der Waals surface area contributed by atoms with E-state index in [0.717, 1.165) is 87.9 Å². The summed E-state index contributed by atoms with van der Waals surface area (Å²) < 4.78 is 3.87. The van der Waals surface area contributed by atoms with Gasteiger partial charge in [-0.1, -0.05) is 12.1 Å². The second-order valence-corrected chi connectivity index (χ2v) is 12.5. The van der Waals surface area contributed by atoms with Gasteiger partial charge in [0.1, 0.15) is 0 Å². The molecule has 0 N–H and O–H groups in total. The van der Waals surface area contributed by atoms with Crippen molar-refractivity contribution in [1.82, 2.24) is 34.2 Å². The number of hydrogen-bond donors (Lipinski definition) is 0. The van der Waals surface area contributed by atoms with E-state index in [0.29, 0.717) is 12.8 Å². The van der Waals surface area contributed by atoms with Gasteiger partial charge in [-0.05, 0) is 54.5 Å². The predicted molar refractivity (Wildman–Crippen MR) is 168 cm³/mol. The molecule has 4 aromatic rings. The molecule has 0 atom stereocenters. The highest BCUT2D eigenvalue weighted by Gasteiger charge is 2.37. The number of piperidine rings is 1. The average molecular weight is 598 g/mol. The number of hydrogen-bond acceptors (Lipinski definition) is 8. The van der Waals surface area contributed by atoms with Crippen molar-refractivity contribution in [2.24, 2.45) is 0 Å². The van der Waals surface area contributed by atoms with Crippen LogP contribution in [0.5, 0.6) is 0 Å². The number of amides is 1. The van der Waals surface area contributed by atoms with Crippen LogP contribution in [0.4, 0.5) is 5.69 Å². The van der Waals surface area contributed by atoms with Gasteiger partial charge in [0.15, 0.2) is 11.5 Å². The summed E-state index contributed by atoms with van der Waals surface area (Å²) in [7, 11) is 0. The minimum Gasteiger partial charge on any atom is -0.368 e. The van der Waals surface area contributed by atoms with Crippen molar-refractivity contribution in [3.63, 3.8) is 0 Å². The van der Waals surface area contributed by atoms with E-state index in [4.69, 9.17) is 10.1 Å². The van der Waals surface area contributed by atoms with Gasteiger partial charge in [-0.3, -0.25) is 14.4 Å². The van der Waals surface area contributed by atoms with E-state index >= 15 is 0 Å². The number of pyridine rings is 1. The fraction of sp³-hybridized carbons (Fsp3) is 0.469. The normalized spacial score (nSPS) is 17.3. The van der Waals surface area contributed by atoms with Crippen LogP contribution in [0.2, 0.25) is 0 Å². The number of benzene rings is 1. The summed E-state index contributed by atoms with van der Waals surface area (Å²) in [6.45, 7) is 8.50. The van der Waals surface area contributed by atoms with E-state index in [2.05, 4.69) is 63.8 Å². The van der Waals surface area contributed by atoms with E-state index in [9.17, 15) is 10.1 Å². The number of nitriles is 1. The van der Waals surface area contributed by atoms with Crippen molar-refractivity contribution in [3.05, 3.63) is 71.9 Å². The Balaban J connectivity index is 1.09. The first-order valence-electron chi connectivity index (χ1n) is 15.1. The maximum atomic E-state index is 11.6. The number of piperazine rings is 1. The summed E-state index contributed by atoms with van der Waals surface area (Å²) in [5.74, 6) is 0.933. The number of aromatic nitrogens is 5. The van der Waals surface area contributed by atoms with Gasteiger partial charge in [-0.2, -0.15) is 15.5 Å². The van der Waals surface area contributed by atoms with Gasteiger partial charge >= 0.3 is 0 Å². The monoisotopic (exact) mass is 597 g/mol. The first kappa shape index (κ1) is 29.2. The number of carbonyl (C=O) groups is 1. The van der Waals surface area contributed by atoms with Crippen LogP contribution in [-0.4, -0.2) is 92.2 Å². The molecule has 43 heavy (non-hydrogen) atoms. The molecule has 11 heteroatoms. The Morgan fingerprint density at radius 1 is 1.05 bits per heavy atom. The molecule has 3 aromatic heterocycles. The number of carbonyl (C=O) groups excluding carboxylic acids is 1. The lowest BCUT2D eigenvalue weighted by atomic mass is 9.71. The van der Waals surface area contributed by atoms with E-state index in [1.54, 1.807) is 18.7 Å². The van der Waals surface area contributed by atoms with Crippen LogP contribution in [0.15, 0.2) is 59.9 Å². The molecule has 2 saturated heterocycles. The Kier molecular flexibility index (Phi) is 8.68. The standard InChI is InChI=1S/C32H39N9OS/c1-25(42)38-19-16-37(17-20-38)18-21-40-24-26(23-34-40)22-30-35-31-29(4-3-13-41(31)36-30)39-14-10-32(9-12-33,11-15-39)27-5-7-28(43-2)8-6-27/h3-8,13,23-24H,9-11,14-22H2,1-2H3. The van der Waals surface area contributed by atoms with Gasteiger partial charge in [0, 0.05) is 88.3 Å². The second-order valence-electron chi connectivity index (χ2n) is 11.7. The molecule has 0 radical (unpaired) electrons. The molecule has 2 aliphatic rings. The zero-order chi connectivity index (χ0) is 29.8. The highest BCUT2D eigenvalue weighted by atomic mass is 32.2. The Bertz CT molecular complexity index is 1590. The largest absolute Gasteiger partial charge is 0.368 e. The number of fused-ring (bicyclic) bond motifs is 1. The average Bonchev–Trinajstić information content (AvgIpc) is 3.67. The molecule has 1 aromatic carbocycles. The summed E-state index contributed by atoms with van der Waals surface area (Å²) in [4.78, 5) is 24.5. The topological polar surface area (TPSA) is 98.6 Å². The summed E-state index contributed by atoms with van der Waals surface area (Å²) in [6, 6.07) is 15.4. The van der Waals surface area contributed by atoms with Crippen LogP contribution in [0.3, 0.4) is 0 Å². The molecule has 10 nitrogen and oxygen atoms in total. The fourth-order valence-corrected chi connectivity index (χ4v) is 6.84. The van der Waals surface area contributed by atoms with Crippen LogP contribution in [0.1, 0.15) is 43.1 Å².